The van der Waals surface area contributed by atoms with E-state index in [9.17, 15) is 9.59 Å². The van der Waals surface area contributed by atoms with Crippen LogP contribution >= 0.6 is 11.3 Å². The molecular formula is C24H21N3O3S. The standard InChI is InChI=1S/C24H21N3O3S/c1-13-9-10-16(11-14(13)2)20-12-18(17-7-5-6-8-19(17)26-20)22(28)27-24-25-15(3)21(31-24)23(29)30-4/h5-12H,1-4H3,(H,25,27,28). The highest BCUT2D eigenvalue weighted by molar-refractivity contribution is 7.17. The predicted molar refractivity (Wildman–Crippen MR) is 123 cm³/mol. The lowest BCUT2D eigenvalue weighted by Gasteiger charge is -2.11. The quantitative estimate of drug-likeness (QED) is 0.442. The Kier molecular flexibility index (Phi) is 5.52. The third-order valence-electron chi connectivity index (χ3n) is 5.15. The van der Waals surface area contributed by atoms with Crippen molar-refractivity contribution in [1.82, 2.24) is 9.97 Å². The van der Waals surface area contributed by atoms with E-state index in [0.717, 1.165) is 39.1 Å². The number of pyridine rings is 1. The molecule has 2 aromatic heterocycles. The highest BCUT2D eigenvalue weighted by Crippen LogP contribution is 2.28. The van der Waals surface area contributed by atoms with Gasteiger partial charge in [-0.15, -0.1) is 0 Å². The van der Waals surface area contributed by atoms with Crippen LogP contribution in [0.5, 0.6) is 0 Å². The summed E-state index contributed by atoms with van der Waals surface area (Å²) in [5.41, 5.74) is 5.76. The zero-order chi connectivity index (χ0) is 22.1. The van der Waals surface area contributed by atoms with Gasteiger partial charge in [-0.1, -0.05) is 41.7 Å². The van der Waals surface area contributed by atoms with Crippen LogP contribution in [-0.2, 0) is 4.74 Å². The van der Waals surface area contributed by atoms with Crippen LogP contribution in [0.3, 0.4) is 0 Å². The number of esters is 1. The van der Waals surface area contributed by atoms with Crippen LogP contribution in [0.2, 0.25) is 0 Å². The summed E-state index contributed by atoms with van der Waals surface area (Å²) in [6, 6.07) is 15.5. The molecule has 0 saturated heterocycles. The van der Waals surface area contributed by atoms with Crippen LogP contribution < -0.4 is 5.32 Å². The van der Waals surface area contributed by atoms with Crippen LogP contribution in [-0.4, -0.2) is 29.0 Å². The van der Waals surface area contributed by atoms with E-state index >= 15 is 0 Å². The Hall–Kier alpha value is -3.58. The van der Waals surface area contributed by atoms with Crippen LogP contribution in [0, 0.1) is 20.8 Å². The minimum absolute atomic E-state index is 0.311. The zero-order valence-corrected chi connectivity index (χ0v) is 18.5. The number of fused-ring (bicyclic) bond motifs is 1. The van der Waals surface area contributed by atoms with Crippen molar-refractivity contribution in [1.29, 1.82) is 0 Å². The fourth-order valence-electron chi connectivity index (χ4n) is 3.31. The second-order valence-electron chi connectivity index (χ2n) is 7.25. The van der Waals surface area contributed by atoms with E-state index in [2.05, 4.69) is 30.2 Å². The van der Waals surface area contributed by atoms with E-state index in [1.165, 1.54) is 12.7 Å². The summed E-state index contributed by atoms with van der Waals surface area (Å²) in [7, 11) is 1.32. The first-order valence-corrected chi connectivity index (χ1v) is 10.5. The molecule has 0 aliphatic rings. The molecule has 2 heterocycles. The van der Waals surface area contributed by atoms with Crippen molar-refractivity contribution in [3.05, 3.63) is 75.8 Å². The van der Waals surface area contributed by atoms with Crippen molar-refractivity contribution in [2.45, 2.75) is 20.8 Å². The number of thiazole rings is 1. The van der Waals surface area contributed by atoms with Crippen LogP contribution in [0.15, 0.2) is 48.5 Å². The largest absolute Gasteiger partial charge is 0.465 e. The number of nitrogens with zero attached hydrogens (tertiary/aromatic N) is 2. The molecule has 0 unspecified atom stereocenters. The second kappa shape index (κ2) is 8.28. The molecule has 1 amide bonds. The van der Waals surface area contributed by atoms with E-state index in [0.29, 0.717) is 21.3 Å². The van der Waals surface area contributed by atoms with Crippen molar-refractivity contribution in [3.8, 4) is 11.3 Å². The van der Waals surface area contributed by atoms with Gasteiger partial charge in [0.2, 0.25) is 0 Å². The van der Waals surface area contributed by atoms with Crippen molar-refractivity contribution < 1.29 is 14.3 Å². The lowest BCUT2D eigenvalue weighted by Crippen LogP contribution is -2.13. The first kappa shape index (κ1) is 20.7. The van der Waals surface area contributed by atoms with Crippen molar-refractivity contribution in [3.63, 3.8) is 0 Å². The molecule has 31 heavy (non-hydrogen) atoms. The molecule has 7 heteroatoms. The number of para-hydroxylation sites is 1. The Labute approximate surface area is 183 Å². The summed E-state index contributed by atoms with van der Waals surface area (Å²) in [5.74, 6) is -0.782. The molecule has 0 atom stereocenters. The van der Waals surface area contributed by atoms with Crippen molar-refractivity contribution in [2.24, 2.45) is 0 Å². The molecular weight excluding hydrogens is 410 g/mol. The number of aromatic nitrogens is 2. The third-order valence-corrected chi connectivity index (χ3v) is 6.20. The summed E-state index contributed by atoms with van der Waals surface area (Å²) in [6.07, 6.45) is 0. The maximum absolute atomic E-state index is 13.2. The van der Waals surface area contributed by atoms with Crippen LogP contribution in [0.1, 0.15) is 36.9 Å². The van der Waals surface area contributed by atoms with Crippen molar-refractivity contribution in [2.75, 3.05) is 12.4 Å². The smallest absolute Gasteiger partial charge is 0.350 e. The number of nitrogens with one attached hydrogen (secondary N) is 1. The normalized spacial score (nSPS) is 10.8. The van der Waals surface area contributed by atoms with Crippen LogP contribution in [0.4, 0.5) is 5.13 Å². The number of hydrogen-bond acceptors (Lipinski definition) is 6. The summed E-state index contributed by atoms with van der Waals surface area (Å²) in [5, 5.41) is 3.91. The average Bonchev–Trinajstić information content (AvgIpc) is 3.14. The molecule has 6 nitrogen and oxygen atoms in total. The summed E-state index contributed by atoms with van der Waals surface area (Å²) >= 11 is 1.09. The van der Waals surface area contributed by atoms with Gasteiger partial charge in [-0.25, -0.2) is 14.8 Å². The molecule has 2 aromatic carbocycles. The highest BCUT2D eigenvalue weighted by Gasteiger charge is 2.19. The minimum Gasteiger partial charge on any atom is -0.465 e. The molecule has 0 aliphatic carbocycles. The first-order chi connectivity index (χ1) is 14.9. The molecule has 156 valence electrons. The number of hydrogen-bond donors (Lipinski definition) is 1. The Bertz CT molecular complexity index is 1330. The monoisotopic (exact) mass is 431 g/mol. The van der Waals surface area contributed by atoms with Crippen molar-refractivity contribution >= 4 is 39.2 Å². The molecule has 0 bridgehead atoms. The van der Waals surface area contributed by atoms with Gasteiger partial charge in [-0.3, -0.25) is 10.1 Å². The minimum atomic E-state index is -0.470. The van der Waals surface area contributed by atoms with Gasteiger partial charge < -0.3 is 4.74 Å². The molecule has 4 rings (SSSR count). The van der Waals surface area contributed by atoms with Gasteiger partial charge in [-0.2, -0.15) is 0 Å². The average molecular weight is 432 g/mol. The fourth-order valence-corrected chi connectivity index (χ4v) is 4.19. The van der Waals surface area contributed by atoms with Gasteiger partial charge in [0.1, 0.15) is 4.88 Å². The lowest BCUT2D eigenvalue weighted by atomic mass is 10.0. The third kappa shape index (κ3) is 4.04. The van der Waals surface area contributed by atoms with E-state index in [1.807, 2.05) is 36.4 Å². The van der Waals surface area contributed by atoms with Gasteiger partial charge in [0.15, 0.2) is 5.13 Å². The summed E-state index contributed by atoms with van der Waals surface area (Å²) in [6.45, 7) is 5.82. The number of carbonyl (C=O) groups is 2. The fraction of sp³-hybridized carbons (Fsp3) is 0.167. The van der Waals surface area contributed by atoms with Gasteiger partial charge in [-0.05, 0) is 50.1 Å². The topological polar surface area (TPSA) is 81.2 Å². The number of aryl methyl sites for hydroxylation is 3. The Morgan fingerprint density at radius 2 is 1.74 bits per heavy atom. The Morgan fingerprint density at radius 1 is 0.968 bits per heavy atom. The number of anilines is 1. The number of ether oxygens (including phenoxy) is 1. The van der Waals surface area contributed by atoms with E-state index in [-0.39, 0.29) is 5.91 Å². The molecule has 0 fully saturated rings. The number of carbonyl (C=O) groups excluding carboxylic acids is 2. The van der Waals surface area contributed by atoms with Gasteiger partial charge in [0.25, 0.3) is 5.91 Å². The summed E-state index contributed by atoms with van der Waals surface area (Å²) < 4.78 is 4.77. The molecule has 4 aromatic rings. The van der Waals surface area contributed by atoms with E-state index < -0.39 is 5.97 Å². The maximum Gasteiger partial charge on any atom is 0.350 e. The zero-order valence-electron chi connectivity index (χ0n) is 17.6. The van der Waals surface area contributed by atoms with Crippen LogP contribution in [0.25, 0.3) is 22.2 Å². The second-order valence-corrected chi connectivity index (χ2v) is 8.25. The molecule has 0 aliphatic heterocycles. The maximum atomic E-state index is 13.2. The Balaban J connectivity index is 1.76. The van der Waals surface area contributed by atoms with Gasteiger partial charge in [0, 0.05) is 10.9 Å². The number of benzene rings is 2. The molecule has 1 N–H and O–H groups in total. The SMILES string of the molecule is COC(=O)c1sc(NC(=O)c2cc(-c3ccc(C)c(C)c3)nc3ccccc23)nc1C. The lowest BCUT2D eigenvalue weighted by molar-refractivity contribution is 0.0605. The highest BCUT2D eigenvalue weighted by atomic mass is 32.1. The van der Waals surface area contributed by atoms with Gasteiger partial charge in [0.05, 0.1) is 29.6 Å². The predicted octanol–water partition coefficient (Wildman–Crippen LogP) is 5.32. The first-order valence-electron chi connectivity index (χ1n) is 9.72. The molecule has 0 radical (unpaired) electrons. The number of methoxy groups -OCH3 is 1. The number of amides is 1. The van der Waals surface area contributed by atoms with Gasteiger partial charge >= 0.3 is 5.97 Å². The molecule has 0 spiro atoms. The van der Waals surface area contributed by atoms with E-state index in [1.54, 1.807) is 13.0 Å². The van der Waals surface area contributed by atoms with E-state index in [4.69, 9.17) is 9.72 Å². The summed E-state index contributed by atoms with van der Waals surface area (Å²) in [4.78, 5) is 34.5. The molecule has 0 saturated carbocycles. The Morgan fingerprint density at radius 3 is 2.48 bits per heavy atom. The number of rotatable bonds is 4.